The minimum atomic E-state index is -4.33. The number of alkyl halides is 3. The van der Waals surface area contributed by atoms with Gasteiger partial charge in [0.15, 0.2) is 5.82 Å². The summed E-state index contributed by atoms with van der Waals surface area (Å²) < 4.78 is 39.7. The van der Waals surface area contributed by atoms with Crippen LogP contribution in [0, 0.1) is 0 Å². The lowest BCUT2D eigenvalue weighted by atomic mass is 10.5. The third kappa shape index (κ3) is 5.34. The molecule has 10 heteroatoms. The number of nitrogens with one attached hydrogen (secondary N) is 2. The van der Waals surface area contributed by atoms with Gasteiger partial charge in [0.1, 0.15) is 11.6 Å². The molecule has 0 saturated heterocycles. The average molecular weight is 286 g/mol. The molecule has 1 aromatic heterocycles. The van der Waals surface area contributed by atoms with Crippen LogP contribution in [0.3, 0.4) is 0 Å². The van der Waals surface area contributed by atoms with Crippen molar-refractivity contribution < 1.29 is 17.9 Å². The Labute approximate surface area is 106 Å². The Bertz CT molecular complexity index is 389. The minimum absolute atomic E-state index is 0.122. The molecular weight excluding hydrogens is 275 g/mol. The van der Waals surface area contributed by atoms with Gasteiger partial charge in [-0.3, -0.25) is 5.43 Å². The van der Waals surface area contributed by atoms with Crippen molar-refractivity contribution >= 4 is 23.4 Å². The van der Waals surface area contributed by atoms with Gasteiger partial charge in [-0.15, -0.1) is 0 Å². The van der Waals surface area contributed by atoms with Crippen LogP contribution in [0.15, 0.2) is 6.20 Å². The maximum absolute atomic E-state index is 11.8. The Hall–Kier alpha value is -1.32. The SMILES string of the molecule is NNc1ncc(Cl)c(NCCOCC(F)(F)F)n1. The number of aromatic nitrogens is 2. The van der Waals surface area contributed by atoms with Gasteiger partial charge >= 0.3 is 6.18 Å². The molecule has 0 aromatic carbocycles. The predicted molar refractivity (Wildman–Crippen MR) is 60.2 cm³/mol. The molecule has 0 atom stereocenters. The van der Waals surface area contributed by atoms with Gasteiger partial charge in [-0.05, 0) is 0 Å². The van der Waals surface area contributed by atoms with Gasteiger partial charge in [0.25, 0.3) is 0 Å². The Kier molecular flexibility index (Phi) is 5.38. The number of hydrogen-bond donors (Lipinski definition) is 3. The quantitative estimate of drug-likeness (QED) is 0.416. The van der Waals surface area contributed by atoms with Crippen molar-refractivity contribution in [2.45, 2.75) is 6.18 Å². The molecule has 1 heterocycles. The number of halogens is 4. The molecule has 0 amide bonds. The number of nitrogens with two attached hydrogens (primary N) is 1. The van der Waals surface area contributed by atoms with Crippen molar-refractivity contribution in [3.63, 3.8) is 0 Å². The van der Waals surface area contributed by atoms with Crippen LogP contribution in [0.25, 0.3) is 0 Å². The van der Waals surface area contributed by atoms with Crippen molar-refractivity contribution in [2.75, 3.05) is 30.5 Å². The highest BCUT2D eigenvalue weighted by atomic mass is 35.5. The molecule has 0 spiro atoms. The number of rotatable bonds is 6. The number of nitrogen functional groups attached to an aromatic ring is 1. The standard InChI is InChI=1S/C8H11ClF3N5O/c9-5-3-15-7(17-13)16-6(5)14-1-2-18-4-8(10,11)12/h3H,1-2,4,13H2,(H2,14,15,16,17). The van der Waals surface area contributed by atoms with Gasteiger partial charge in [-0.2, -0.15) is 18.2 Å². The van der Waals surface area contributed by atoms with Crippen LogP contribution < -0.4 is 16.6 Å². The van der Waals surface area contributed by atoms with Gasteiger partial charge < -0.3 is 10.1 Å². The molecule has 1 rings (SSSR count). The first kappa shape index (κ1) is 14.7. The highest BCUT2D eigenvalue weighted by molar-refractivity contribution is 6.32. The summed E-state index contributed by atoms with van der Waals surface area (Å²) in [6, 6.07) is 0. The van der Waals surface area contributed by atoms with E-state index in [1.807, 2.05) is 0 Å². The van der Waals surface area contributed by atoms with E-state index in [1.54, 1.807) is 0 Å². The highest BCUT2D eigenvalue weighted by Gasteiger charge is 2.27. The molecular formula is C8H11ClF3N5O. The second kappa shape index (κ2) is 6.57. The Morgan fingerprint density at radius 3 is 2.78 bits per heavy atom. The normalized spacial score (nSPS) is 11.4. The molecule has 6 nitrogen and oxygen atoms in total. The summed E-state index contributed by atoms with van der Waals surface area (Å²) in [6.45, 7) is -1.30. The average Bonchev–Trinajstić information content (AvgIpc) is 2.29. The monoisotopic (exact) mass is 285 g/mol. The number of nitrogens with zero attached hydrogens (tertiary/aromatic N) is 2. The summed E-state index contributed by atoms with van der Waals surface area (Å²) >= 11 is 5.76. The molecule has 4 N–H and O–H groups in total. The van der Waals surface area contributed by atoms with Crippen LogP contribution in [-0.2, 0) is 4.74 Å². The zero-order valence-corrected chi connectivity index (χ0v) is 9.85. The van der Waals surface area contributed by atoms with Crippen molar-refractivity contribution in [3.05, 3.63) is 11.2 Å². The van der Waals surface area contributed by atoms with Crippen LogP contribution >= 0.6 is 11.6 Å². The van der Waals surface area contributed by atoms with Crippen LogP contribution in [-0.4, -0.2) is 35.9 Å². The smallest absolute Gasteiger partial charge is 0.370 e. The van der Waals surface area contributed by atoms with E-state index in [4.69, 9.17) is 17.4 Å². The molecule has 1 aromatic rings. The second-order valence-corrected chi connectivity index (χ2v) is 3.54. The minimum Gasteiger partial charge on any atom is -0.370 e. The lowest BCUT2D eigenvalue weighted by molar-refractivity contribution is -0.172. The number of anilines is 2. The first-order valence-electron chi connectivity index (χ1n) is 4.80. The van der Waals surface area contributed by atoms with Crippen LogP contribution in [0.4, 0.5) is 24.9 Å². The summed E-state index contributed by atoms with van der Waals surface area (Å²) in [4.78, 5) is 7.60. The van der Waals surface area contributed by atoms with Gasteiger partial charge in [0, 0.05) is 6.54 Å². The fourth-order valence-corrected chi connectivity index (χ4v) is 1.15. The number of hydrazine groups is 1. The van der Waals surface area contributed by atoms with Crippen LogP contribution in [0.2, 0.25) is 5.02 Å². The fourth-order valence-electron chi connectivity index (χ4n) is 0.990. The summed E-state index contributed by atoms with van der Waals surface area (Å²) in [5.41, 5.74) is 2.22. The summed E-state index contributed by atoms with van der Waals surface area (Å²) in [6.07, 6.45) is -3.02. The molecule has 0 radical (unpaired) electrons. The molecule has 0 aliphatic carbocycles. The maximum atomic E-state index is 11.8. The zero-order chi connectivity index (χ0) is 13.6. The summed E-state index contributed by atoms with van der Waals surface area (Å²) in [5.74, 6) is 5.49. The van der Waals surface area contributed by atoms with E-state index in [2.05, 4.69) is 25.4 Å². The van der Waals surface area contributed by atoms with E-state index in [-0.39, 0.29) is 29.9 Å². The van der Waals surface area contributed by atoms with Gasteiger partial charge in [0.2, 0.25) is 5.95 Å². The van der Waals surface area contributed by atoms with E-state index in [9.17, 15) is 13.2 Å². The maximum Gasteiger partial charge on any atom is 0.411 e. The van der Waals surface area contributed by atoms with E-state index < -0.39 is 12.8 Å². The van der Waals surface area contributed by atoms with Gasteiger partial charge in [-0.1, -0.05) is 11.6 Å². The molecule has 102 valence electrons. The Balaban J connectivity index is 2.35. The topological polar surface area (TPSA) is 85.1 Å². The Morgan fingerprint density at radius 1 is 1.44 bits per heavy atom. The van der Waals surface area contributed by atoms with E-state index in [0.717, 1.165) is 0 Å². The van der Waals surface area contributed by atoms with E-state index in [0.29, 0.717) is 0 Å². The lowest BCUT2D eigenvalue weighted by Crippen LogP contribution is -2.20. The molecule has 0 aliphatic rings. The molecule has 0 saturated carbocycles. The zero-order valence-electron chi connectivity index (χ0n) is 9.09. The molecule has 18 heavy (non-hydrogen) atoms. The first-order valence-corrected chi connectivity index (χ1v) is 5.17. The van der Waals surface area contributed by atoms with Gasteiger partial charge in [0.05, 0.1) is 12.8 Å². The second-order valence-electron chi connectivity index (χ2n) is 3.13. The Morgan fingerprint density at radius 2 is 2.17 bits per heavy atom. The third-order valence-electron chi connectivity index (χ3n) is 1.68. The third-order valence-corrected chi connectivity index (χ3v) is 1.95. The summed E-state index contributed by atoms with van der Waals surface area (Å²) in [7, 11) is 0. The number of ether oxygens (including phenoxy) is 1. The molecule has 0 bridgehead atoms. The van der Waals surface area contributed by atoms with Crippen molar-refractivity contribution in [1.82, 2.24) is 9.97 Å². The largest absolute Gasteiger partial charge is 0.411 e. The van der Waals surface area contributed by atoms with E-state index in [1.165, 1.54) is 6.20 Å². The number of hydrogen-bond acceptors (Lipinski definition) is 6. The molecule has 0 aliphatic heterocycles. The summed E-state index contributed by atoms with van der Waals surface area (Å²) in [5, 5.41) is 2.93. The van der Waals surface area contributed by atoms with Gasteiger partial charge in [-0.25, -0.2) is 10.8 Å². The fraction of sp³-hybridized carbons (Fsp3) is 0.500. The van der Waals surface area contributed by atoms with Crippen molar-refractivity contribution in [1.29, 1.82) is 0 Å². The predicted octanol–water partition coefficient (Wildman–Crippen LogP) is 1.41. The lowest BCUT2D eigenvalue weighted by Gasteiger charge is -2.10. The highest BCUT2D eigenvalue weighted by Crippen LogP contribution is 2.18. The van der Waals surface area contributed by atoms with Crippen LogP contribution in [0.1, 0.15) is 0 Å². The van der Waals surface area contributed by atoms with E-state index >= 15 is 0 Å². The molecule has 0 unspecified atom stereocenters. The molecule has 0 fully saturated rings. The first-order chi connectivity index (χ1) is 8.42. The van der Waals surface area contributed by atoms with Crippen LogP contribution in [0.5, 0.6) is 0 Å². The van der Waals surface area contributed by atoms with Crippen molar-refractivity contribution in [2.24, 2.45) is 5.84 Å². The van der Waals surface area contributed by atoms with Crippen molar-refractivity contribution in [3.8, 4) is 0 Å².